The largest absolute Gasteiger partial charge is 0.330 e. The van der Waals surface area contributed by atoms with Crippen molar-refractivity contribution in [2.45, 2.75) is 62.9 Å². The molecule has 9 heteroatoms. The molecule has 2 fully saturated rings. The summed E-state index contributed by atoms with van der Waals surface area (Å²) >= 11 is 6.57. The van der Waals surface area contributed by atoms with Crippen LogP contribution in [0.1, 0.15) is 66.9 Å². The van der Waals surface area contributed by atoms with Gasteiger partial charge in [-0.25, -0.2) is 0 Å². The van der Waals surface area contributed by atoms with E-state index in [1.54, 1.807) is 19.2 Å². The maximum Gasteiger partial charge on any atom is 0.254 e. The Bertz CT molecular complexity index is 1630. The van der Waals surface area contributed by atoms with Crippen LogP contribution in [0.3, 0.4) is 0 Å². The number of carbonyl (C=O) groups is 3. The minimum Gasteiger partial charge on any atom is -0.330 e. The van der Waals surface area contributed by atoms with Crippen LogP contribution >= 0.6 is 11.6 Å². The molecule has 1 aromatic heterocycles. The Balaban J connectivity index is 1.31. The summed E-state index contributed by atoms with van der Waals surface area (Å²) in [7, 11) is 1.62. The molecule has 41 heavy (non-hydrogen) atoms. The monoisotopic (exact) mass is 569 g/mol. The predicted molar refractivity (Wildman–Crippen MR) is 157 cm³/mol. The molecule has 1 saturated carbocycles. The van der Waals surface area contributed by atoms with Gasteiger partial charge in [0.1, 0.15) is 12.1 Å². The fourth-order valence-corrected chi connectivity index (χ4v) is 6.65. The number of rotatable bonds is 6. The Labute approximate surface area is 244 Å². The lowest BCUT2D eigenvalue weighted by atomic mass is 9.80. The number of hydrogen-bond acceptors (Lipinski definition) is 5. The van der Waals surface area contributed by atoms with E-state index in [-0.39, 0.29) is 36.6 Å². The first kappa shape index (κ1) is 27.2. The lowest BCUT2D eigenvalue weighted by molar-refractivity contribution is -0.136. The van der Waals surface area contributed by atoms with Crippen LogP contribution in [0.5, 0.6) is 0 Å². The summed E-state index contributed by atoms with van der Waals surface area (Å²) in [6.45, 7) is 4.07. The summed E-state index contributed by atoms with van der Waals surface area (Å²) in [5, 5.41) is 14.2. The van der Waals surface area contributed by atoms with Gasteiger partial charge in [0, 0.05) is 42.8 Å². The molecule has 3 aromatic rings. The van der Waals surface area contributed by atoms with Crippen molar-refractivity contribution in [2.75, 3.05) is 18.9 Å². The Morgan fingerprint density at radius 2 is 2.00 bits per heavy atom. The number of fused-ring (bicyclic) bond motifs is 3. The van der Waals surface area contributed by atoms with Crippen molar-refractivity contribution in [3.63, 3.8) is 0 Å². The fraction of sp³-hybridized carbons (Fsp3) is 0.406. The Hall–Kier alpha value is -3.96. The number of carbonyl (C=O) groups excluding carboxylic acids is 3. The second-order valence-electron chi connectivity index (χ2n) is 12.0. The number of hydrogen-bond donors (Lipinski definition) is 1. The molecule has 6 rings (SSSR count). The van der Waals surface area contributed by atoms with Crippen molar-refractivity contribution in [3.05, 3.63) is 70.4 Å². The smallest absolute Gasteiger partial charge is 0.254 e. The van der Waals surface area contributed by atoms with E-state index >= 15 is 0 Å². The number of aromatic nitrogens is 1. The molecular formula is C32H32ClN5O3. The first-order chi connectivity index (χ1) is 19.6. The molecule has 3 atom stereocenters. The van der Waals surface area contributed by atoms with Gasteiger partial charge in [0.25, 0.3) is 5.91 Å². The highest BCUT2D eigenvalue weighted by molar-refractivity contribution is 6.35. The van der Waals surface area contributed by atoms with Crippen LogP contribution in [0, 0.1) is 17.2 Å². The molecule has 0 radical (unpaired) electrons. The van der Waals surface area contributed by atoms with E-state index in [2.05, 4.69) is 16.4 Å². The van der Waals surface area contributed by atoms with E-state index in [1.165, 1.54) is 9.80 Å². The van der Waals surface area contributed by atoms with Crippen LogP contribution in [0.2, 0.25) is 5.02 Å². The number of benzene rings is 2. The molecule has 1 aliphatic carbocycles. The van der Waals surface area contributed by atoms with Gasteiger partial charge in [-0.3, -0.25) is 19.4 Å². The van der Waals surface area contributed by atoms with Crippen molar-refractivity contribution in [3.8, 4) is 6.07 Å². The van der Waals surface area contributed by atoms with E-state index in [0.717, 1.165) is 29.4 Å². The first-order valence-electron chi connectivity index (χ1n) is 14.1. The number of amides is 3. The maximum atomic E-state index is 14.2. The number of likely N-dealkylation sites (tertiary alicyclic amines) is 1. The Morgan fingerprint density at radius 3 is 2.71 bits per heavy atom. The summed E-state index contributed by atoms with van der Waals surface area (Å²) in [6, 6.07) is 13.5. The Kier molecular flexibility index (Phi) is 6.74. The zero-order valence-corrected chi connectivity index (χ0v) is 24.1. The highest BCUT2D eigenvalue weighted by Crippen LogP contribution is 2.46. The molecular weight excluding hydrogens is 538 g/mol. The zero-order chi connectivity index (χ0) is 29.1. The number of para-hydroxylation sites is 1. The van der Waals surface area contributed by atoms with Gasteiger partial charge in [-0.2, -0.15) is 5.26 Å². The topological polar surface area (TPSA) is 106 Å². The third kappa shape index (κ3) is 4.62. The minimum atomic E-state index is -0.990. The summed E-state index contributed by atoms with van der Waals surface area (Å²) in [4.78, 5) is 48.8. The van der Waals surface area contributed by atoms with E-state index < -0.39 is 17.5 Å². The highest BCUT2D eigenvalue weighted by Gasteiger charge is 2.56. The van der Waals surface area contributed by atoms with Gasteiger partial charge in [-0.15, -0.1) is 0 Å². The number of halogens is 1. The number of pyridine rings is 1. The lowest BCUT2D eigenvalue weighted by Gasteiger charge is -2.33. The lowest BCUT2D eigenvalue weighted by Crippen LogP contribution is -2.52. The number of anilines is 1. The average molecular weight is 570 g/mol. The fourth-order valence-electron chi connectivity index (χ4n) is 6.38. The average Bonchev–Trinajstić information content (AvgIpc) is 3.68. The predicted octanol–water partition coefficient (Wildman–Crippen LogP) is 5.27. The molecule has 1 spiro atoms. The highest BCUT2D eigenvalue weighted by atomic mass is 35.5. The van der Waals surface area contributed by atoms with Crippen LogP contribution in [0.15, 0.2) is 48.7 Å². The molecule has 1 N–H and O–H groups in total. The normalized spacial score (nSPS) is 22.1. The van der Waals surface area contributed by atoms with Gasteiger partial charge < -0.3 is 15.1 Å². The van der Waals surface area contributed by atoms with Crippen LogP contribution in [-0.2, 0) is 15.0 Å². The van der Waals surface area contributed by atoms with E-state index in [0.29, 0.717) is 34.1 Å². The first-order valence-corrected chi connectivity index (χ1v) is 14.5. The van der Waals surface area contributed by atoms with Crippen LogP contribution in [-0.4, -0.2) is 58.2 Å². The van der Waals surface area contributed by atoms with Crippen LogP contribution in [0.4, 0.5) is 5.69 Å². The summed E-state index contributed by atoms with van der Waals surface area (Å²) in [5.74, 6) is -0.274. The van der Waals surface area contributed by atoms with Gasteiger partial charge in [0.05, 0.1) is 22.0 Å². The molecule has 2 aromatic carbocycles. The molecule has 3 amide bonds. The third-order valence-electron chi connectivity index (χ3n) is 8.74. The summed E-state index contributed by atoms with van der Waals surface area (Å²) < 4.78 is 0. The zero-order valence-electron chi connectivity index (χ0n) is 23.4. The van der Waals surface area contributed by atoms with Gasteiger partial charge in [-0.05, 0) is 66.5 Å². The van der Waals surface area contributed by atoms with Gasteiger partial charge in [0.2, 0.25) is 11.8 Å². The SMILES string of the molecule is CC(C)C[C@@H](C(=O)N1C[C@]2(C[C@H]1C#N)C(=O)Nc1ccccc12)N(C)C(=O)c1cc(Cl)c2ncc(C3CC3)cc2c1. The maximum absolute atomic E-state index is 14.2. The molecule has 0 bridgehead atoms. The molecule has 0 unspecified atom stereocenters. The molecule has 3 aliphatic rings. The number of likely N-dealkylation sites (N-methyl/N-ethyl adjacent to an activating group) is 1. The van der Waals surface area contributed by atoms with Crippen molar-refractivity contribution in [2.24, 2.45) is 5.92 Å². The minimum absolute atomic E-state index is 0.0843. The van der Waals surface area contributed by atoms with Crippen molar-refractivity contribution in [1.29, 1.82) is 5.26 Å². The van der Waals surface area contributed by atoms with E-state index in [1.807, 2.05) is 50.4 Å². The molecule has 8 nitrogen and oxygen atoms in total. The number of nitrogens with zero attached hydrogens (tertiary/aromatic N) is 4. The third-order valence-corrected chi connectivity index (χ3v) is 9.03. The summed E-state index contributed by atoms with van der Waals surface area (Å²) in [5.41, 5.74) is 2.68. The van der Waals surface area contributed by atoms with Gasteiger partial charge in [-0.1, -0.05) is 43.6 Å². The molecule has 3 heterocycles. The van der Waals surface area contributed by atoms with Gasteiger partial charge >= 0.3 is 0 Å². The van der Waals surface area contributed by atoms with E-state index in [4.69, 9.17) is 11.6 Å². The molecule has 1 saturated heterocycles. The quantitative estimate of drug-likeness (QED) is 0.435. The summed E-state index contributed by atoms with van der Waals surface area (Å²) in [6.07, 6.45) is 4.74. The van der Waals surface area contributed by atoms with E-state index in [9.17, 15) is 19.6 Å². The van der Waals surface area contributed by atoms with Gasteiger partial charge in [0.15, 0.2) is 0 Å². The Morgan fingerprint density at radius 1 is 1.24 bits per heavy atom. The number of nitriles is 1. The van der Waals surface area contributed by atoms with Crippen LogP contribution < -0.4 is 5.32 Å². The molecule has 210 valence electrons. The second-order valence-corrected chi connectivity index (χ2v) is 12.4. The van der Waals surface area contributed by atoms with Crippen molar-refractivity contribution < 1.29 is 14.4 Å². The standard InChI is InChI=1S/C32H32ClN5O3/c1-18(2)10-27(30(40)38-17-32(14-23(38)15-34)24-6-4-5-7-26(24)36-31(32)41)37(3)29(39)21-11-20-12-22(19-8-9-19)16-35-28(20)25(33)13-21/h4-7,11-13,16,18-19,23,27H,8-10,14,17H2,1-3H3,(H,36,41)/t23-,27-,32-/m0/s1. The van der Waals surface area contributed by atoms with Crippen molar-refractivity contribution >= 4 is 45.9 Å². The number of nitrogens with one attached hydrogen (secondary N) is 1. The second kappa shape index (κ2) is 10.1. The van der Waals surface area contributed by atoms with Crippen molar-refractivity contribution in [1.82, 2.24) is 14.8 Å². The molecule has 2 aliphatic heterocycles. The van der Waals surface area contributed by atoms with Crippen LogP contribution in [0.25, 0.3) is 10.9 Å².